The van der Waals surface area contributed by atoms with Crippen molar-refractivity contribution >= 4 is 34.0 Å². The fourth-order valence-electron chi connectivity index (χ4n) is 4.69. The zero-order chi connectivity index (χ0) is 26.5. The molecule has 0 bridgehead atoms. The van der Waals surface area contributed by atoms with E-state index in [2.05, 4.69) is 37.8 Å². The Balaban J connectivity index is 1.33. The first kappa shape index (κ1) is 25.7. The number of nitrogens with one attached hydrogen (secondary N) is 2. The second kappa shape index (κ2) is 11.6. The van der Waals surface area contributed by atoms with Gasteiger partial charge in [-0.25, -0.2) is 9.61 Å². The molecule has 202 valence electrons. The van der Waals surface area contributed by atoms with Crippen LogP contribution in [-0.2, 0) is 0 Å². The highest BCUT2D eigenvalue weighted by molar-refractivity contribution is 5.98. The molecule has 1 aliphatic heterocycles. The van der Waals surface area contributed by atoms with Crippen molar-refractivity contribution in [2.75, 3.05) is 36.5 Å². The number of rotatable bonds is 13. The van der Waals surface area contributed by atoms with E-state index in [0.29, 0.717) is 36.3 Å². The Morgan fingerprint density at radius 1 is 1.21 bits per heavy atom. The van der Waals surface area contributed by atoms with Crippen molar-refractivity contribution in [3.05, 3.63) is 40.1 Å². The van der Waals surface area contributed by atoms with E-state index >= 15 is 0 Å². The van der Waals surface area contributed by atoms with E-state index in [1.165, 1.54) is 18.9 Å². The maximum Gasteiger partial charge on any atom is 0.300 e. The van der Waals surface area contributed by atoms with Gasteiger partial charge >= 0.3 is 5.69 Å². The molecule has 5 rings (SSSR count). The van der Waals surface area contributed by atoms with E-state index in [1.54, 1.807) is 6.07 Å². The lowest BCUT2D eigenvalue weighted by Gasteiger charge is -2.23. The molecule has 0 radical (unpaired) electrons. The van der Waals surface area contributed by atoms with Gasteiger partial charge in [0.1, 0.15) is 0 Å². The van der Waals surface area contributed by atoms with Gasteiger partial charge in [0.05, 0.1) is 22.9 Å². The number of nitro benzene ring substituents is 1. The van der Waals surface area contributed by atoms with Gasteiger partial charge in [-0.15, -0.1) is 0 Å². The van der Waals surface area contributed by atoms with E-state index in [-0.39, 0.29) is 28.7 Å². The zero-order valence-electron chi connectivity index (χ0n) is 21.5. The number of hydrogen-bond acceptors (Lipinski definition) is 10. The molecule has 1 aromatic carbocycles. The van der Waals surface area contributed by atoms with Crippen molar-refractivity contribution in [3.8, 4) is 5.88 Å². The van der Waals surface area contributed by atoms with Crippen LogP contribution >= 0.6 is 0 Å². The standard InChI is InChI=1S/C26H33N7O5/c1-2-3-6-18(15-27-19-9-10-21(33(35)36)24-23(19)30-38-31-24)28-26(34)25-20(32-13-4-5-14-32)11-12-22(29-25)37-16-17-7-8-17/h9-12,17-18,27H,2-8,13-16H2,1H3,(H,28,34)/t18-/m0/s1. The fraction of sp³-hybridized carbons (Fsp3) is 0.538. The summed E-state index contributed by atoms with van der Waals surface area (Å²) in [5.41, 5.74) is 1.93. The average Bonchev–Trinajstić information content (AvgIpc) is 3.35. The molecular formula is C26H33N7O5. The smallest absolute Gasteiger partial charge is 0.300 e. The lowest BCUT2D eigenvalue weighted by Crippen LogP contribution is -2.40. The molecule has 1 amide bonds. The average molecular weight is 524 g/mol. The van der Waals surface area contributed by atoms with Gasteiger partial charge in [0.25, 0.3) is 5.91 Å². The number of amides is 1. The largest absolute Gasteiger partial charge is 0.477 e. The highest BCUT2D eigenvalue weighted by Crippen LogP contribution is 2.31. The first-order chi connectivity index (χ1) is 18.5. The number of fused-ring (bicyclic) bond motifs is 1. The van der Waals surface area contributed by atoms with E-state index < -0.39 is 4.92 Å². The van der Waals surface area contributed by atoms with Crippen LogP contribution in [0.25, 0.3) is 11.0 Å². The molecule has 1 saturated carbocycles. The molecule has 2 aromatic heterocycles. The Kier molecular flexibility index (Phi) is 7.85. The van der Waals surface area contributed by atoms with Gasteiger partial charge in [0.15, 0.2) is 11.2 Å². The van der Waals surface area contributed by atoms with Crippen LogP contribution in [0.2, 0.25) is 0 Å². The lowest BCUT2D eigenvalue weighted by atomic mass is 10.1. The number of pyridine rings is 1. The molecule has 3 aromatic rings. The summed E-state index contributed by atoms with van der Waals surface area (Å²) in [7, 11) is 0. The molecule has 0 spiro atoms. The molecule has 1 saturated heterocycles. The summed E-state index contributed by atoms with van der Waals surface area (Å²) in [6.45, 7) is 4.91. The van der Waals surface area contributed by atoms with E-state index in [9.17, 15) is 14.9 Å². The minimum absolute atomic E-state index is 0.0802. The van der Waals surface area contributed by atoms with Crippen molar-refractivity contribution in [1.29, 1.82) is 0 Å². The predicted molar refractivity (Wildman–Crippen MR) is 142 cm³/mol. The number of aromatic nitrogens is 3. The minimum Gasteiger partial charge on any atom is -0.477 e. The number of non-ortho nitro benzene ring substituents is 1. The summed E-state index contributed by atoms with van der Waals surface area (Å²) >= 11 is 0. The van der Waals surface area contributed by atoms with Crippen molar-refractivity contribution < 1.29 is 19.1 Å². The molecule has 0 unspecified atom stereocenters. The van der Waals surface area contributed by atoms with E-state index in [1.807, 2.05) is 12.1 Å². The third-order valence-electron chi connectivity index (χ3n) is 7.05. The van der Waals surface area contributed by atoms with Crippen LogP contribution in [0.5, 0.6) is 5.88 Å². The maximum absolute atomic E-state index is 13.6. The number of carbonyl (C=O) groups excluding carboxylic acids is 1. The van der Waals surface area contributed by atoms with E-state index in [4.69, 9.17) is 9.37 Å². The van der Waals surface area contributed by atoms with Gasteiger partial charge in [-0.3, -0.25) is 14.9 Å². The van der Waals surface area contributed by atoms with Crippen LogP contribution in [0.1, 0.15) is 62.4 Å². The Hall–Kier alpha value is -3.96. The molecule has 38 heavy (non-hydrogen) atoms. The van der Waals surface area contributed by atoms with Crippen LogP contribution in [0.4, 0.5) is 17.1 Å². The summed E-state index contributed by atoms with van der Waals surface area (Å²) < 4.78 is 10.6. The quantitative estimate of drug-likeness (QED) is 0.245. The third-order valence-corrected chi connectivity index (χ3v) is 7.05. The van der Waals surface area contributed by atoms with Gasteiger partial charge in [0, 0.05) is 37.8 Å². The first-order valence-electron chi connectivity index (χ1n) is 13.4. The van der Waals surface area contributed by atoms with Crippen LogP contribution in [0.15, 0.2) is 28.9 Å². The number of benzene rings is 1. The number of unbranched alkanes of at least 4 members (excludes halogenated alkanes) is 1. The van der Waals surface area contributed by atoms with E-state index in [0.717, 1.165) is 50.9 Å². The second-order valence-corrected chi connectivity index (χ2v) is 10.0. The van der Waals surface area contributed by atoms with Crippen molar-refractivity contribution in [2.24, 2.45) is 5.92 Å². The van der Waals surface area contributed by atoms with Gasteiger partial charge in [-0.05, 0) is 60.5 Å². The third kappa shape index (κ3) is 5.95. The Bertz CT molecular complexity index is 1290. The monoisotopic (exact) mass is 523 g/mol. The number of nitrogens with zero attached hydrogens (tertiary/aromatic N) is 5. The van der Waals surface area contributed by atoms with Gasteiger partial charge in [0.2, 0.25) is 11.4 Å². The van der Waals surface area contributed by atoms with Gasteiger partial charge < -0.3 is 20.3 Å². The molecule has 1 aliphatic carbocycles. The minimum atomic E-state index is -0.520. The molecule has 2 N–H and O–H groups in total. The Morgan fingerprint density at radius 3 is 2.74 bits per heavy atom. The molecule has 2 fully saturated rings. The number of carbonyl (C=O) groups is 1. The lowest BCUT2D eigenvalue weighted by molar-refractivity contribution is -0.383. The molecule has 1 atom stereocenters. The number of ether oxygens (including phenoxy) is 1. The Labute approximate surface area is 220 Å². The predicted octanol–water partition coefficient (Wildman–Crippen LogP) is 4.32. The summed E-state index contributed by atoms with van der Waals surface area (Å²) in [5, 5.41) is 25.3. The highest BCUT2D eigenvalue weighted by atomic mass is 16.6. The fourth-order valence-corrected chi connectivity index (χ4v) is 4.69. The van der Waals surface area contributed by atoms with Crippen LogP contribution in [0.3, 0.4) is 0 Å². The summed E-state index contributed by atoms with van der Waals surface area (Å²) in [5.74, 6) is 0.811. The number of nitro groups is 1. The molecule has 12 nitrogen and oxygen atoms in total. The first-order valence-corrected chi connectivity index (χ1v) is 13.4. The Morgan fingerprint density at radius 2 is 2.00 bits per heavy atom. The van der Waals surface area contributed by atoms with Gasteiger partial charge in [-0.2, -0.15) is 0 Å². The normalized spacial score (nSPS) is 16.0. The summed E-state index contributed by atoms with van der Waals surface area (Å²) in [6, 6.07) is 6.54. The second-order valence-electron chi connectivity index (χ2n) is 10.0. The highest BCUT2D eigenvalue weighted by Gasteiger charge is 2.26. The topological polar surface area (TPSA) is 149 Å². The molecule has 12 heteroatoms. The molecule has 2 aliphatic rings. The summed E-state index contributed by atoms with van der Waals surface area (Å²) in [6.07, 6.45) is 7.18. The van der Waals surface area contributed by atoms with Gasteiger partial charge in [-0.1, -0.05) is 19.8 Å². The molecule has 3 heterocycles. The van der Waals surface area contributed by atoms with Crippen molar-refractivity contribution in [1.82, 2.24) is 20.6 Å². The van der Waals surface area contributed by atoms with Crippen molar-refractivity contribution in [2.45, 2.75) is 57.9 Å². The zero-order valence-corrected chi connectivity index (χ0v) is 21.5. The van der Waals surface area contributed by atoms with Crippen LogP contribution < -0.4 is 20.3 Å². The molecular weight excluding hydrogens is 490 g/mol. The van der Waals surface area contributed by atoms with Crippen LogP contribution in [-0.4, -0.2) is 58.4 Å². The summed E-state index contributed by atoms with van der Waals surface area (Å²) in [4.78, 5) is 31.2. The SMILES string of the molecule is CCCC[C@@H](CNc1ccc([N+](=O)[O-])c2nonc12)NC(=O)c1nc(OCC2CC2)ccc1N1CCCC1. The maximum atomic E-state index is 13.6. The number of anilines is 2. The number of hydrogen-bond donors (Lipinski definition) is 2. The van der Waals surface area contributed by atoms with Crippen molar-refractivity contribution in [3.63, 3.8) is 0 Å². The van der Waals surface area contributed by atoms with Crippen LogP contribution in [0, 0.1) is 16.0 Å².